The molecular weight excluding hydrogens is 323 g/mol. The van der Waals surface area contributed by atoms with E-state index in [1.165, 1.54) is 0 Å². The molecule has 0 saturated heterocycles. The van der Waals surface area contributed by atoms with Crippen molar-refractivity contribution < 1.29 is 32.7 Å². The molecule has 2 N–H and O–H groups in total. The molecule has 0 fully saturated rings. The summed E-state index contributed by atoms with van der Waals surface area (Å²) in [5.41, 5.74) is -1.50. The zero-order valence-corrected chi connectivity index (χ0v) is 11.5. The van der Waals surface area contributed by atoms with Gasteiger partial charge < -0.3 is 10.4 Å². The van der Waals surface area contributed by atoms with Crippen LogP contribution in [0.25, 0.3) is 0 Å². The number of thioether (sulfide) groups is 1. The van der Waals surface area contributed by atoms with Gasteiger partial charge in [-0.15, -0.1) is 0 Å². The van der Waals surface area contributed by atoms with Crippen LogP contribution in [0.15, 0.2) is 34.9 Å². The van der Waals surface area contributed by atoms with Crippen LogP contribution in [0, 0.1) is 0 Å². The van der Waals surface area contributed by atoms with Crippen molar-refractivity contribution in [1.82, 2.24) is 5.32 Å². The SMILES string of the molecule is O=C(O)C1=C(NC(=O)c2ccc(C(F)(F)F)cc2)SCC1=O. The maximum absolute atomic E-state index is 12.4. The topological polar surface area (TPSA) is 83.5 Å². The first kappa shape index (κ1) is 16.1. The van der Waals surface area contributed by atoms with Crippen LogP contribution in [0.5, 0.6) is 0 Å². The van der Waals surface area contributed by atoms with Crippen molar-refractivity contribution in [3.05, 3.63) is 46.0 Å². The van der Waals surface area contributed by atoms with E-state index in [4.69, 9.17) is 5.11 Å². The van der Waals surface area contributed by atoms with Gasteiger partial charge in [0.15, 0.2) is 5.78 Å². The predicted octanol–water partition coefficient (Wildman–Crippen LogP) is 2.05. The van der Waals surface area contributed by atoms with E-state index in [9.17, 15) is 27.6 Å². The highest BCUT2D eigenvalue weighted by Crippen LogP contribution is 2.30. The Morgan fingerprint density at radius 2 is 1.77 bits per heavy atom. The molecule has 0 atom stereocenters. The van der Waals surface area contributed by atoms with Crippen LogP contribution in [0.3, 0.4) is 0 Å². The lowest BCUT2D eigenvalue weighted by atomic mass is 10.1. The number of benzene rings is 1. The van der Waals surface area contributed by atoms with E-state index < -0.39 is 35.0 Å². The molecule has 1 amide bonds. The number of Topliss-reactive ketones (excluding diaryl/α,β-unsaturated/α-hetero) is 1. The Balaban J connectivity index is 2.19. The number of ketones is 1. The summed E-state index contributed by atoms with van der Waals surface area (Å²) in [5.74, 6) is -2.98. The Hall–Kier alpha value is -2.29. The van der Waals surface area contributed by atoms with Crippen molar-refractivity contribution in [3.63, 3.8) is 0 Å². The highest BCUT2D eigenvalue weighted by atomic mass is 32.2. The summed E-state index contributed by atoms with van der Waals surface area (Å²) in [4.78, 5) is 34.2. The number of alkyl halides is 3. The summed E-state index contributed by atoms with van der Waals surface area (Å²) in [6.45, 7) is 0. The van der Waals surface area contributed by atoms with Crippen molar-refractivity contribution in [2.45, 2.75) is 6.18 Å². The number of carboxylic acid groups (broad SMARTS) is 1. The van der Waals surface area contributed by atoms with E-state index >= 15 is 0 Å². The van der Waals surface area contributed by atoms with Crippen LogP contribution in [-0.2, 0) is 15.8 Å². The third-order valence-electron chi connectivity index (χ3n) is 2.77. The molecule has 0 aliphatic carbocycles. The van der Waals surface area contributed by atoms with Crippen molar-refractivity contribution in [2.24, 2.45) is 0 Å². The molecule has 0 saturated carbocycles. The maximum Gasteiger partial charge on any atom is 0.416 e. The molecule has 9 heteroatoms. The third-order valence-corrected chi connectivity index (χ3v) is 3.77. The quantitative estimate of drug-likeness (QED) is 0.828. The fourth-order valence-corrected chi connectivity index (χ4v) is 2.64. The number of carbonyl (C=O) groups excluding carboxylic acids is 2. The molecule has 1 heterocycles. The standard InChI is InChI=1S/C13H8F3NO4S/c14-13(15,16)7-3-1-6(2-4-7)10(19)17-11-9(12(20)21)8(18)5-22-11/h1-4H,5H2,(H,17,19)(H,20,21). The number of aliphatic carboxylic acids is 1. The normalized spacial score (nSPS) is 15.1. The summed E-state index contributed by atoms with van der Waals surface area (Å²) in [5, 5.41) is 11.0. The van der Waals surface area contributed by atoms with Crippen LogP contribution in [0.2, 0.25) is 0 Å². The first-order valence-electron chi connectivity index (χ1n) is 5.82. The third kappa shape index (κ3) is 3.30. The molecule has 0 bridgehead atoms. The maximum atomic E-state index is 12.4. The molecule has 0 unspecified atom stereocenters. The lowest BCUT2D eigenvalue weighted by molar-refractivity contribution is -0.138. The van der Waals surface area contributed by atoms with Gasteiger partial charge >= 0.3 is 12.1 Å². The Kier molecular flexibility index (Phi) is 4.27. The number of rotatable bonds is 3. The van der Waals surface area contributed by atoms with Crippen molar-refractivity contribution in [3.8, 4) is 0 Å². The number of carbonyl (C=O) groups is 3. The first-order chi connectivity index (χ1) is 10.2. The smallest absolute Gasteiger partial charge is 0.416 e. The fraction of sp³-hybridized carbons (Fsp3) is 0.154. The van der Waals surface area contributed by atoms with Crippen LogP contribution >= 0.6 is 11.8 Å². The van der Waals surface area contributed by atoms with E-state index in [2.05, 4.69) is 5.32 Å². The van der Waals surface area contributed by atoms with Gasteiger partial charge in [-0.2, -0.15) is 13.2 Å². The summed E-state index contributed by atoms with van der Waals surface area (Å²) < 4.78 is 37.3. The number of amides is 1. The lowest BCUT2D eigenvalue weighted by Gasteiger charge is -2.09. The molecule has 0 spiro atoms. The summed E-state index contributed by atoms with van der Waals surface area (Å²) in [6.07, 6.45) is -4.51. The molecular formula is C13H8F3NO4S. The molecule has 1 aliphatic rings. The van der Waals surface area contributed by atoms with Gasteiger partial charge in [-0.3, -0.25) is 9.59 Å². The van der Waals surface area contributed by atoms with Crippen molar-refractivity contribution in [2.75, 3.05) is 5.75 Å². The first-order valence-corrected chi connectivity index (χ1v) is 6.81. The minimum atomic E-state index is -4.51. The predicted molar refractivity (Wildman–Crippen MR) is 71.0 cm³/mol. The average molecular weight is 331 g/mol. The molecule has 0 radical (unpaired) electrons. The average Bonchev–Trinajstić information content (AvgIpc) is 2.79. The fourth-order valence-electron chi connectivity index (χ4n) is 1.71. The van der Waals surface area contributed by atoms with E-state index in [-0.39, 0.29) is 16.3 Å². The van der Waals surface area contributed by atoms with Gasteiger partial charge in [0, 0.05) is 5.56 Å². The van der Waals surface area contributed by atoms with E-state index in [1.54, 1.807) is 0 Å². The van der Waals surface area contributed by atoms with Gasteiger partial charge in [0.1, 0.15) is 5.57 Å². The van der Waals surface area contributed by atoms with Gasteiger partial charge in [0.25, 0.3) is 5.91 Å². The van der Waals surface area contributed by atoms with Crippen LogP contribution in [-0.4, -0.2) is 28.5 Å². The van der Waals surface area contributed by atoms with Gasteiger partial charge in [0.05, 0.1) is 16.3 Å². The lowest BCUT2D eigenvalue weighted by Crippen LogP contribution is -2.23. The van der Waals surface area contributed by atoms with Crippen LogP contribution < -0.4 is 5.32 Å². The number of hydrogen-bond donors (Lipinski definition) is 2. The van der Waals surface area contributed by atoms with Crippen molar-refractivity contribution >= 4 is 29.4 Å². The number of carboxylic acids is 1. The van der Waals surface area contributed by atoms with Crippen LogP contribution in [0.4, 0.5) is 13.2 Å². The van der Waals surface area contributed by atoms with Gasteiger partial charge in [-0.1, -0.05) is 11.8 Å². The second-order valence-corrected chi connectivity index (χ2v) is 5.24. The molecule has 2 rings (SSSR count). The molecule has 22 heavy (non-hydrogen) atoms. The van der Waals surface area contributed by atoms with Gasteiger partial charge in [-0.25, -0.2) is 4.79 Å². The highest BCUT2D eigenvalue weighted by Gasteiger charge is 2.32. The molecule has 5 nitrogen and oxygen atoms in total. The molecule has 116 valence electrons. The van der Waals surface area contributed by atoms with Gasteiger partial charge in [-0.05, 0) is 24.3 Å². The monoisotopic (exact) mass is 331 g/mol. The molecule has 1 aromatic carbocycles. The second-order valence-electron chi connectivity index (χ2n) is 4.25. The Morgan fingerprint density at radius 3 is 2.27 bits per heavy atom. The Bertz CT molecular complexity index is 680. The summed E-state index contributed by atoms with van der Waals surface area (Å²) in [7, 11) is 0. The Morgan fingerprint density at radius 1 is 1.18 bits per heavy atom. The number of nitrogens with one attached hydrogen (secondary N) is 1. The van der Waals surface area contributed by atoms with E-state index in [0.29, 0.717) is 0 Å². The Labute approximate surface area is 126 Å². The summed E-state index contributed by atoms with van der Waals surface area (Å²) >= 11 is 0.855. The summed E-state index contributed by atoms with van der Waals surface area (Å²) in [6, 6.07) is 3.43. The van der Waals surface area contributed by atoms with Crippen molar-refractivity contribution in [1.29, 1.82) is 0 Å². The van der Waals surface area contributed by atoms with E-state index in [1.807, 2.05) is 0 Å². The molecule has 0 aromatic heterocycles. The molecule has 1 aromatic rings. The largest absolute Gasteiger partial charge is 0.477 e. The minimum absolute atomic E-state index is 0.0785. The number of halogens is 3. The zero-order chi connectivity index (χ0) is 16.5. The highest BCUT2D eigenvalue weighted by molar-refractivity contribution is 8.04. The van der Waals surface area contributed by atoms with Crippen LogP contribution in [0.1, 0.15) is 15.9 Å². The second kappa shape index (κ2) is 5.84. The minimum Gasteiger partial charge on any atom is -0.477 e. The van der Waals surface area contributed by atoms with E-state index in [0.717, 1.165) is 36.0 Å². The van der Waals surface area contributed by atoms with Gasteiger partial charge in [0.2, 0.25) is 0 Å². The number of hydrogen-bond acceptors (Lipinski definition) is 4. The molecule has 1 aliphatic heterocycles. The zero-order valence-electron chi connectivity index (χ0n) is 10.7.